The lowest BCUT2D eigenvalue weighted by atomic mass is 10.1. The molecule has 1 rings (SSSR count). The lowest BCUT2D eigenvalue weighted by Gasteiger charge is -2.26. The van der Waals surface area contributed by atoms with Gasteiger partial charge in [0.2, 0.25) is 0 Å². The van der Waals surface area contributed by atoms with E-state index in [1.807, 2.05) is 18.0 Å². The fourth-order valence-corrected chi connectivity index (χ4v) is 1.98. The number of para-hydroxylation sites is 1. The molecule has 0 aliphatic heterocycles. The van der Waals surface area contributed by atoms with Crippen molar-refractivity contribution in [3.05, 3.63) is 29.6 Å². The molecule has 0 spiro atoms. The van der Waals surface area contributed by atoms with Crippen molar-refractivity contribution in [3.8, 4) is 0 Å². The summed E-state index contributed by atoms with van der Waals surface area (Å²) in [5.74, 6) is -0.216. The van der Waals surface area contributed by atoms with Crippen LogP contribution in [-0.2, 0) is 6.54 Å². The number of hydrogen-bond donors (Lipinski definition) is 2. The summed E-state index contributed by atoms with van der Waals surface area (Å²) in [5, 5.41) is 12.7. The summed E-state index contributed by atoms with van der Waals surface area (Å²) in [5.41, 5.74) is 1.54. The monoisotopic (exact) mass is 282 g/mol. The molecule has 3 nitrogen and oxygen atoms in total. The van der Waals surface area contributed by atoms with Crippen molar-refractivity contribution in [2.75, 3.05) is 18.5 Å². The van der Waals surface area contributed by atoms with E-state index in [0.717, 1.165) is 5.56 Å². The second kappa shape index (κ2) is 7.04. The number of nitrogens with zero attached hydrogens (tertiary/aromatic N) is 1. The Morgan fingerprint density at radius 2 is 2.00 bits per heavy atom. The van der Waals surface area contributed by atoms with Crippen molar-refractivity contribution >= 4 is 5.69 Å². The average molecular weight is 282 g/mol. The van der Waals surface area contributed by atoms with Crippen molar-refractivity contribution < 1.29 is 9.50 Å². The van der Waals surface area contributed by atoms with Gasteiger partial charge in [-0.3, -0.25) is 0 Å². The molecule has 0 amide bonds. The first-order valence-electron chi connectivity index (χ1n) is 7.12. The van der Waals surface area contributed by atoms with Gasteiger partial charge in [0.05, 0.1) is 11.8 Å². The van der Waals surface area contributed by atoms with Gasteiger partial charge in [-0.05, 0) is 45.7 Å². The summed E-state index contributed by atoms with van der Waals surface area (Å²) in [6, 6.07) is 5.16. The van der Waals surface area contributed by atoms with Crippen LogP contribution in [0.3, 0.4) is 0 Å². The second-order valence-corrected chi connectivity index (χ2v) is 6.41. The Morgan fingerprint density at radius 1 is 1.35 bits per heavy atom. The van der Waals surface area contributed by atoms with E-state index >= 15 is 0 Å². The lowest BCUT2D eigenvalue weighted by Crippen LogP contribution is -2.35. The van der Waals surface area contributed by atoms with E-state index in [4.69, 9.17) is 0 Å². The summed E-state index contributed by atoms with van der Waals surface area (Å²) in [6.45, 7) is 9.25. The Hall–Kier alpha value is -1.13. The van der Waals surface area contributed by atoms with Crippen LogP contribution in [0.1, 0.15) is 39.7 Å². The van der Waals surface area contributed by atoms with E-state index in [0.29, 0.717) is 25.2 Å². The highest BCUT2D eigenvalue weighted by Crippen LogP contribution is 2.24. The van der Waals surface area contributed by atoms with Gasteiger partial charge in [0.15, 0.2) is 0 Å². The summed E-state index contributed by atoms with van der Waals surface area (Å²) in [7, 11) is 1.86. The SMILES string of the molecule is CC(O)CCN(C)c1c(F)cccc1CNC(C)(C)C. The predicted molar refractivity (Wildman–Crippen MR) is 82.6 cm³/mol. The van der Waals surface area contributed by atoms with Gasteiger partial charge in [0.25, 0.3) is 0 Å². The van der Waals surface area contributed by atoms with E-state index < -0.39 is 0 Å². The van der Waals surface area contributed by atoms with Crippen LogP contribution < -0.4 is 10.2 Å². The molecule has 2 N–H and O–H groups in total. The van der Waals surface area contributed by atoms with Crippen LogP contribution in [-0.4, -0.2) is 30.3 Å². The molecule has 20 heavy (non-hydrogen) atoms. The van der Waals surface area contributed by atoms with Crippen LogP contribution >= 0.6 is 0 Å². The first-order valence-corrected chi connectivity index (χ1v) is 7.12. The molecular weight excluding hydrogens is 255 g/mol. The third-order valence-electron chi connectivity index (χ3n) is 3.14. The van der Waals surface area contributed by atoms with E-state index in [1.165, 1.54) is 6.07 Å². The standard InChI is InChI=1S/C16H27FN2O/c1-12(20)9-10-19(5)15-13(7-6-8-14(15)17)11-18-16(2,3)4/h6-8,12,18,20H,9-11H2,1-5H3. The number of aliphatic hydroxyl groups excluding tert-OH is 1. The molecule has 4 heteroatoms. The first kappa shape index (κ1) is 16.9. The van der Waals surface area contributed by atoms with Crippen LogP contribution in [0.2, 0.25) is 0 Å². The molecule has 0 heterocycles. The fraction of sp³-hybridized carbons (Fsp3) is 0.625. The summed E-state index contributed by atoms with van der Waals surface area (Å²) in [4.78, 5) is 1.88. The zero-order valence-electron chi connectivity index (χ0n) is 13.2. The maximum absolute atomic E-state index is 14.1. The third-order valence-corrected chi connectivity index (χ3v) is 3.14. The fourth-order valence-electron chi connectivity index (χ4n) is 1.98. The first-order chi connectivity index (χ1) is 9.20. The molecule has 1 aromatic carbocycles. The molecule has 0 saturated carbocycles. The minimum Gasteiger partial charge on any atom is -0.393 e. The van der Waals surface area contributed by atoms with Crippen LogP contribution in [0.4, 0.5) is 10.1 Å². The predicted octanol–water partition coefficient (Wildman–Crippen LogP) is 2.92. The van der Waals surface area contributed by atoms with Gasteiger partial charge >= 0.3 is 0 Å². The highest BCUT2D eigenvalue weighted by Gasteiger charge is 2.15. The molecular formula is C16H27FN2O. The molecule has 0 aromatic heterocycles. The molecule has 1 atom stereocenters. The molecule has 0 radical (unpaired) electrons. The topological polar surface area (TPSA) is 35.5 Å². The van der Waals surface area contributed by atoms with Gasteiger partial charge < -0.3 is 15.3 Å². The zero-order valence-corrected chi connectivity index (χ0v) is 13.2. The van der Waals surface area contributed by atoms with Gasteiger partial charge in [-0.2, -0.15) is 0 Å². The van der Waals surface area contributed by atoms with Gasteiger partial charge in [0.1, 0.15) is 5.82 Å². The number of halogens is 1. The van der Waals surface area contributed by atoms with Crippen molar-refractivity contribution in [1.29, 1.82) is 0 Å². The Kier molecular flexibility index (Phi) is 5.96. The van der Waals surface area contributed by atoms with Gasteiger partial charge in [-0.15, -0.1) is 0 Å². The number of rotatable bonds is 6. The van der Waals surface area contributed by atoms with Crippen molar-refractivity contribution in [1.82, 2.24) is 5.32 Å². The van der Waals surface area contributed by atoms with Crippen LogP contribution in [0, 0.1) is 5.82 Å². The van der Waals surface area contributed by atoms with Gasteiger partial charge in [-0.1, -0.05) is 12.1 Å². The highest BCUT2D eigenvalue weighted by atomic mass is 19.1. The molecule has 0 saturated heterocycles. The van der Waals surface area contributed by atoms with E-state index in [1.54, 1.807) is 13.0 Å². The molecule has 0 aliphatic carbocycles. The minimum absolute atomic E-state index is 0.0121. The highest BCUT2D eigenvalue weighted by molar-refractivity contribution is 5.54. The molecule has 0 aliphatic rings. The zero-order chi connectivity index (χ0) is 15.3. The van der Waals surface area contributed by atoms with E-state index in [2.05, 4.69) is 26.1 Å². The number of anilines is 1. The van der Waals surface area contributed by atoms with Crippen LogP contribution in [0.25, 0.3) is 0 Å². The molecule has 1 aromatic rings. The maximum atomic E-state index is 14.1. The van der Waals surface area contributed by atoms with E-state index in [-0.39, 0.29) is 17.5 Å². The Balaban J connectivity index is 2.87. The van der Waals surface area contributed by atoms with E-state index in [9.17, 15) is 9.50 Å². The number of nitrogens with one attached hydrogen (secondary N) is 1. The Morgan fingerprint density at radius 3 is 2.55 bits per heavy atom. The van der Waals surface area contributed by atoms with Crippen molar-refractivity contribution in [2.24, 2.45) is 0 Å². The third kappa shape index (κ3) is 5.47. The lowest BCUT2D eigenvalue weighted by molar-refractivity contribution is 0.186. The van der Waals surface area contributed by atoms with Crippen molar-refractivity contribution in [3.63, 3.8) is 0 Å². The number of aliphatic hydroxyl groups is 1. The minimum atomic E-state index is -0.375. The smallest absolute Gasteiger partial charge is 0.146 e. The maximum Gasteiger partial charge on any atom is 0.146 e. The normalized spacial score (nSPS) is 13.3. The average Bonchev–Trinajstić information content (AvgIpc) is 2.32. The van der Waals surface area contributed by atoms with Gasteiger partial charge in [-0.25, -0.2) is 4.39 Å². The van der Waals surface area contributed by atoms with Crippen LogP contribution in [0.5, 0.6) is 0 Å². The molecule has 0 fully saturated rings. The largest absolute Gasteiger partial charge is 0.393 e. The molecule has 0 bridgehead atoms. The van der Waals surface area contributed by atoms with Crippen LogP contribution in [0.15, 0.2) is 18.2 Å². The second-order valence-electron chi connectivity index (χ2n) is 6.41. The molecule has 114 valence electrons. The quantitative estimate of drug-likeness (QED) is 0.842. The number of hydrogen-bond acceptors (Lipinski definition) is 3. The summed E-state index contributed by atoms with van der Waals surface area (Å²) in [6.07, 6.45) is 0.247. The Labute approximate surface area is 121 Å². The summed E-state index contributed by atoms with van der Waals surface area (Å²) >= 11 is 0. The van der Waals surface area contributed by atoms with Crippen molar-refractivity contribution in [2.45, 2.75) is 52.3 Å². The van der Waals surface area contributed by atoms with Gasteiger partial charge in [0, 0.05) is 25.7 Å². The Bertz CT molecular complexity index is 427. The molecule has 1 unspecified atom stereocenters. The number of benzene rings is 1. The summed E-state index contributed by atoms with van der Waals surface area (Å²) < 4.78 is 14.1.